The number of aromatic nitrogens is 1. The molecule has 3 rings (SSSR count). The molecule has 0 atom stereocenters. The van der Waals surface area contributed by atoms with Gasteiger partial charge in [-0.15, -0.1) is 0 Å². The molecule has 3 aromatic rings. The number of pyridine rings is 1. The van der Waals surface area contributed by atoms with Gasteiger partial charge in [-0.1, -0.05) is 41.4 Å². The number of anilines is 1. The van der Waals surface area contributed by atoms with E-state index >= 15 is 0 Å². The molecule has 1 amide bonds. The fourth-order valence-corrected chi connectivity index (χ4v) is 4.35. The highest BCUT2D eigenvalue weighted by Gasteiger charge is 2.27. The van der Waals surface area contributed by atoms with Crippen molar-refractivity contribution in [3.8, 4) is 0 Å². The molecule has 156 valence electrons. The van der Waals surface area contributed by atoms with Gasteiger partial charge >= 0.3 is 0 Å². The maximum absolute atomic E-state index is 13.1. The van der Waals surface area contributed by atoms with Crippen LogP contribution in [-0.2, 0) is 21.4 Å². The average molecular weight is 464 g/mol. The monoisotopic (exact) mass is 463 g/mol. The number of carbonyl (C=O) groups is 1. The third-order valence-electron chi connectivity index (χ3n) is 4.32. The summed E-state index contributed by atoms with van der Waals surface area (Å²) < 4.78 is 27.4. The minimum absolute atomic E-state index is 0.00350. The number of nitrogens with one attached hydrogen (secondary N) is 1. The van der Waals surface area contributed by atoms with Crippen LogP contribution in [0.4, 0.5) is 5.69 Å². The average Bonchev–Trinajstić information content (AvgIpc) is 2.72. The van der Waals surface area contributed by atoms with Crippen molar-refractivity contribution >= 4 is 44.8 Å². The van der Waals surface area contributed by atoms with E-state index in [-0.39, 0.29) is 18.0 Å². The number of rotatable bonds is 7. The van der Waals surface area contributed by atoms with Crippen molar-refractivity contribution in [3.05, 3.63) is 88.2 Å². The number of amides is 1. The summed E-state index contributed by atoms with van der Waals surface area (Å²) in [5.41, 5.74) is 2.05. The van der Waals surface area contributed by atoms with E-state index in [2.05, 4.69) is 10.3 Å². The van der Waals surface area contributed by atoms with Gasteiger partial charge in [-0.3, -0.25) is 9.78 Å². The Hall–Kier alpha value is -2.45. The molecule has 1 aromatic heterocycles. The maximum atomic E-state index is 13.1. The van der Waals surface area contributed by atoms with E-state index in [1.807, 2.05) is 6.92 Å². The van der Waals surface area contributed by atoms with Gasteiger partial charge in [0.2, 0.25) is 15.9 Å². The summed E-state index contributed by atoms with van der Waals surface area (Å²) in [6.07, 6.45) is 2.73. The van der Waals surface area contributed by atoms with Crippen LogP contribution >= 0.6 is 23.2 Å². The highest BCUT2D eigenvalue weighted by molar-refractivity contribution is 7.89. The van der Waals surface area contributed by atoms with Gasteiger partial charge in [-0.05, 0) is 54.4 Å². The lowest BCUT2D eigenvalue weighted by molar-refractivity contribution is -0.116. The van der Waals surface area contributed by atoms with Crippen LogP contribution in [0.3, 0.4) is 0 Å². The topological polar surface area (TPSA) is 79.4 Å². The summed E-state index contributed by atoms with van der Waals surface area (Å²) >= 11 is 12.0. The van der Waals surface area contributed by atoms with Crippen molar-refractivity contribution < 1.29 is 13.2 Å². The molecule has 0 aliphatic rings. The first-order valence-electron chi connectivity index (χ1n) is 8.96. The lowest BCUT2D eigenvalue weighted by atomic mass is 10.2. The van der Waals surface area contributed by atoms with E-state index in [9.17, 15) is 13.2 Å². The fourth-order valence-electron chi connectivity index (χ4n) is 2.70. The van der Waals surface area contributed by atoms with Crippen LogP contribution in [0.5, 0.6) is 0 Å². The largest absolute Gasteiger partial charge is 0.325 e. The highest BCUT2D eigenvalue weighted by Crippen LogP contribution is 2.21. The number of carbonyl (C=O) groups excluding carboxylic acids is 1. The second-order valence-electron chi connectivity index (χ2n) is 6.60. The predicted molar refractivity (Wildman–Crippen MR) is 118 cm³/mol. The van der Waals surface area contributed by atoms with E-state index in [1.54, 1.807) is 42.5 Å². The first kappa shape index (κ1) is 22.2. The first-order chi connectivity index (χ1) is 14.3. The Kier molecular flexibility index (Phi) is 7.10. The predicted octanol–water partition coefficient (Wildman–Crippen LogP) is 4.53. The minimum Gasteiger partial charge on any atom is -0.325 e. The lowest BCUT2D eigenvalue weighted by Crippen LogP contribution is -2.37. The molecule has 0 radical (unpaired) electrons. The van der Waals surface area contributed by atoms with E-state index in [0.717, 1.165) is 9.87 Å². The van der Waals surface area contributed by atoms with Crippen LogP contribution < -0.4 is 5.32 Å². The van der Waals surface area contributed by atoms with Crippen molar-refractivity contribution in [1.29, 1.82) is 0 Å². The van der Waals surface area contributed by atoms with Crippen LogP contribution in [0, 0.1) is 6.92 Å². The molecule has 0 unspecified atom stereocenters. The highest BCUT2D eigenvalue weighted by atomic mass is 35.5. The van der Waals surface area contributed by atoms with Crippen molar-refractivity contribution in [1.82, 2.24) is 9.29 Å². The van der Waals surface area contributed by atoms with Gasteiger partial charge in [0.15, 0.2) is 0 Å². The second kappa shape index (κ2) is 9.57. The molecule has 0 aliphatic carbocycles. The van der Waals surface area contributed by atoms with Gasteiger partial charge < -0.3 is 5.32 Å². The van der Waals surface area contributed by atoms with Crippen LogP contribution in [0.1, 0.15) is 11.1 Å². The Morgan fingerprint density at radius 3 is 2.47 bits per heavy atom. The van der Waals surface area contributed by atoms with Crippen molar-refractivity contribution in [2.24, 2.45) is 0 Å². The van der Waals surface area contributed by atoms with E-state index < -0.39 is 15.9 Å². The number of hydrogen-bond donors (Lipinski definition) is 1. The van der Waals surface area contributed by atoms with Crippen molar-refractivity contribution in [2.45, 2.75) is 18.4 Å². The van der Waals surface area contributed by atoms with Crippen LogP contribution in [0.2, 0.25) is 10.0 Å². The summed E-state index contributed by atoms with van der Waals surface area (Å²) in [4.78, 5) is 16.5. The smallest absolute Gasteiger partial charge is 0.245 e. The molecule has 0 aliphatic heterocycles. The fraction of sp³-hybridized carbons (Fsp3) is 0.143. The zero-order chi connectivity index (χ0) is 21.7. The molecular weight excluding hydrogens is 445 g/mol. The Balaban J connectivity index is 1.85. The van der Waals surface area contributed by atoms with Gasteiger partial charge in [0.25, 0.3) is 0 Å². The number of benzene rings is 2. The Labute approximate surface area is 185 Å². The molecular formula is C21H19Cl2N3O3S. The molecule has 0 fully saturated rings. The normalized spacial score (nSPS) is 11.5. The van der Waals surface area contributed by atoms with Crippen LogP contribution in [0.25, 0.3) is 0 Å². The SMILES string of the molecule is Cc1ccc(NC(=O)CN(Cc2ccc(Cl)cc2)S(=O)(=O)c2cccnc2)cc1Cl. The Bertz CT molecular complexity index is 1140. The summed E-state index contributed by atoms with van der Waals surface area (Å²) in [5, 5.41) is 3.74. The minimum atomic E-state index is -3.96. The second-order valence-corrected chi connectivity index (χ2v) is 9.38. The zero-order valence-electron chi connectivity index (χ0n) is 16.0. The quantitative estimate of drug-likeness (QED) is 0.558. The first-order valence-corrected chi connectivity index (χ1v) is 11.2. The summed E-state index contributed by atoms with van der Waals surface area (Å²) in [6, 6.07) is 14.8. The molecule has 2 aromatic carbocycles. The molecule has 0 saturated heterocycles. The molecule has 30 heavy (non-hydrogen) atoms. The molecule has 1 heterocycles. The zero-order valence-corrected chi connectivity index (χ0v) is 18.4. The third kappa shape index (κ3) is 5.58. The van der Waals surface area contributed by atoms with E-state index in [1.165, 1.54) is 24.5 Å². The van der Waals surface area contributed by atoms with Crippen LogP contribution in [0.15, 0.2) is 71.9 Å². The molecule has 0 bridgehead atoms. The van der Waals surface area contributed by atoms with E-state index in [4.69, 9.17) is 23.2 Å². The molecule has 0 saturated carbocycles. The third-order valence-corrected chi connectivity index (χ3v) is 6.75. The number of nitrogens with zero attached hydrogens (tertiary/aromatic N) is 2. The summed E-state index contributed by atoms with van der Waals surface area (Å²) in [7, 11) is -3.96. The van der Waals surface area contributed by atoms with Gasteiger partial charge in [-0.2, -0.15) is 4.31 Å². The molecule has 0 spiro atoms. The molecule has 6 nitrogen and oxygen atoms in total. The van der Waals surface area contributed by atoms with Crippen LogP contribution in [-0.4, -0.2) is 30.2 Å². The molecule has 1 N–H and O–H groups in total. The summed E-state index contributed by atoms with van der Waals surface area (Å²) in [6.45, 7) is 1.46. The maximum Gasteiger partial charge on any atom is 0.245 e. The van der Waals surface area contributed by atoms with Crippen molar-refractivity contribution in [2.75, 3.05) is 11.9 Å². The standard InChI is InChI=1S/C21H19Cl2N3O3S/c1-15-4-9-18(11-20(15)23)25-21(27)14-26(13-16-5-7-17(22)8-6-16)30(28,29)19-3-2-10-24-12-19/h2-12H,13-14H2,1H3,(H,25,27). The van der Waals surface area contributed by atoms with Crippen molar-refractivity contribution in [3.63, 3.8) is 0 Å². The van der Waals surface area contributed by atoms with Gasteiger partial charge in [0, 0.05) is 34.7 Å². The number of aryl methyl sites for hydroxylation is 1. The van der Waals surface area contributed by atoms with Gasteiger partial charge in [-0.25, -0.2) is 8.42 Å². The van der Waals surface area contributed by atoms with Gasteiger partial charge in [0.1, 0.15) is 4.90 Å². The Morgan fingerprint density at radius 1 is 1.10 bits per heavy atom. The number of halogens is 2. The molecule has 9 heteroatoms. The van der Waals surface area contributed by atoms with E-state index in [0.29, 0.717) is 21.3 Å². The van der Waals surface area contributed by atoms with Gasteiger partial charge in [0.05, 0.1) is 6.54 Å². The number of hydrogen-bond acceptors (Lipinski definition) is 4. The summed E-state index contributed by atoms with van der Waals surface area (Å²) in [5.74, 6) is -0.489. The Morgan fingerprint density at radius 2 is 1.83 bits per heavy atom. The lowest BCUT2D eigenvalue weighted by Gasteiger charge is -2.22. The number of sulfonamides is 1.